The first kappa shape index (κ1) is 17.4. The molecule has 0 spiro atoms. The Labute approximate surface area is 129 Å². The summed E-state index contributed by atoms with van der Waals surface area (Å²) in [6.07, 6.45) is -1.80. The van der Waals surface area contributed by atoms with Gasteiger partial charge in [-0.15, -0.1) is 0 Å². The summed E-state index contributed by atoms with van der Waals surface area (Å²) in [5.41, 5.74) is -0.694. The van der Waals surface area contributed by atoms with E-state index in [4.69, 9.17) is 0 Å². The first-order valence-electron chi connectivity index (χ1n) is 6.29. The lowest BCUT2D eigenvalue weighted by molar-refractivity contribution is 0.172. The second kappa shape index (κ2) is 6.65. The Morgan fingerprint density at radius 2 is 1.57 bits per heavy atom. The van der Waals surface area contributed by atoms with Crippen LogP contribution in [0.15, 0.2) is 41.3 Å². The lowest BCUT2D eigenvalue weighted by Gasteiger charge is -2.14. The number of benzene rings is 2. The van der Waals surface area contributed by atoms with E-state index in [0.717, 1.165) is 24.3 Å². The maximum Gasteiger partial charge on any atom is 0.240 e. The van der Waals surface area contributed by atoms with Crippen LogP contribution in [0.2, 0.25) is 0 Å². The van der Waals surface area contributed by atoms with Gasteiger partial charge in [-0.3, -0.25) is 0 Å². The molecule has 23 heavy (non-hydrogen) atoms. The fourth-order valence-electron chi connectivity index (χ4n) is 1.85. The van der Waals surface area contributed by atoms with Crippen LogP contribution in [0.25, 0.3) is 0 Å². The highest BCUT2D eigenvalue weighted by Crippen LogP contribution is 2.21. The van der Waals surface area contributed by atoms with Crippen LogP contribution in [-0.2, 0) is 10.0 Å². The molecule has 4 nitrogen and oxygen atoms in total. The van der Waals surface area contributed by atoms with E-state index in [2.05, 4.69) is 0 Å². The molecule has 0 aliphatic carbocycles. The monoisotopic (exact) mass is 349 g/mol. The second-order valence-corrected chi connectivity index (χ2v) is 6.35. The van der Waals surface area contributed by atoms with Crippen LogP contribution in [0.5, 0.6) is 0 Å². The summed E-state index contributed by atoms with van der Waals surface area (Å²) in [5.74, 6) is -4.67. The molecule has 0 bridgehead atoms. The summed E-state index contributed by atoms with van der Waals surface area (Å²) < 4.78 is 78.5. The Hall–Kier alpha value is -1.97. The molecule has 0 heterocycles. The third-order valence-electron chi connectivity index (χ3n) is 3.00. The zero-order chi connectivity index (χ0) is 17.2. The van der Waals surface area contributed by atoms with E-state index in [1.807, 2.05) is 4.72 Å². The number of rotatable bonds is 5. The lowest BCUT2D eigenvalue weighted by Crippen LogP contribution is -2.29. The van der Waals surface area contributed by atoms with Gasteiger partial charge in [-0.05, 0) is 30.3 Å². The van der Waals surface area contributed by atoms with E-state index >= 15 is 0 Å². The zero-order valence-corrected chi connectivity index (χ0v) is 12.2. The van der Waals surface area contributed by atoms with Gasteiger partial charge in [0.15, 0.2) is 11.6 Å². The van der Waals surface area contributed by atoms with Gasteiger partial charge >= 0.3 is 0 Å². The maximum absolute atomic E-state index is 13.5. The first-order valence-corrected chi connectivity index (χ1v) is 7.77. The number of nitrogens with one attached hydrogen (secondary N) is 1. The molecule has 0 saturated heterocycles. The van der Waals surface area contributed by atoms with Crippen molar-refractivity contribution in [2.24, 2.45) is 0 Å². The fraction of sp³-hybridized carbons (Fsp3) is 0.143. The molecule has 0 aliphatic heterocycles. The predicted octanol–water partition coefficient (Wildman–Crippen LogP) is 2.25. The van der Waals surface area contributed by atoms with Crippen molar-refractivity contribution in [1.29, 1.82) is 0 Å². The van der Waals surface area contributed by atoms with Gasteiger partial charge in [0.25, 0.3) is 0 Å². The Kier molecular flexibility index (Phi) is 5.03. The molecule has 1 unspecified atom stereocenters. The molecule has 2 aromatic rings. The summed E-state index contributed by atoms with van der Waals surface area (Å²) in [4.78, 5) is -0.586. The van der Waals surface area contributed by atoms with Crippen LogP contribution in [-0.4, -0.2) is 20.1 Å². The summed E-state index contributed by atoms with van der Waals surface area (Å²) in [5, 5.41) is 9.75. The molecule has 1 atom stereocenters. The van der Waals surface area contributed by atoms with Crippen molar-refractivity contribution in [1.82, 2.24) is 4.72 Å². The molecule has 9 heteroatoms. The minimum absolute atomic E-state index is 0.452. The smallest absolute Gasteiger partial charge is 0.240 e. The van der Waals surface area contributed by atoms with Crippen molar-refractivity contribution in [3.8, 4) is 0 Å². The van der Waals surface area contributed by atoms with E-state index in [1.54, 1.807) is 0 Å². The second-order valence-electron chi connectivity index (χ2n) is 4.58. The summed E-state index contributed by atoms with van der Waals surface area (Å²) in [7, 11) is -4.29. The van der Waals surface area contributed by atoms with Gasteiger partial charge in [-0.2, -0.15) is 0 Å². The van der Waals surface area contributed by atoms with Gasteiger partial charge in [0, 0.05) is 6.54 Å². The zero-order valence-electron chi connectivity index (χ0n) is 11.4. The third kappa shape index (κ3) is 3.87. The summed E-state index contributed by atoms with van der Waals surface area (Å²) in [6.45, 7) is -0.751. The highest BCUT2D eigenvalue weighted by Gasteiger charge is 2.22. The van der Waals surface area contributed by atoms with Crippen molar-refractivity contribution < 1.29 is 31.1 Å². The fourth-order valence-corrected chi connectivity index (χ4v) is 2.90. The van der Waals surface area contributed by atoms with E-state index < -0.39 is 56.4 Å². The summed E-state index contributed by atoms with van der Waals surface area (Å²) >= 11 is 0. The highest BCUT2D eigenvalue weighted by molar-refractivity contribution is 7.89. The number of aliphatic hydroxyl groups excluding tert-OH is 1. The summed E-state index contributed by atoms with van der Waals surface area (Å²) in [6, 6.07) is 4.80. The molecule has 2 N–H and O–H groups in total. The predicted molar refractivity (Wildman–Crippen MR) is 72.9 cm³/mol. The van der Waals surface area contributed by atoms with Crippen LogP contribution in [0.1, 0.15) is 11.7 Å². The molecular weight excluding hydrogens is 338 g/mol. The molecular formula is C14H11F4NO3S. The standard InChI is InChI=1S/C14H11F4NO3S/c15-9-5-4-8(6-12(9)18)23(21,22)19-7-13(20)14-10(16)2-1-3-11(14)17/h1-6,13,19-20H,7H2. The van der Waals surface area contributed by atoms with Crippen molar-refractivity contribution in [3.63, 3.8) is 0 Å². The molecule has 0 saturated carbocycles. The largest absolute Gasteiger partial charge is 0.387 e. The SMILES string of the molecule is O=S(=O)(NCC(O)c1c(F)cccc1F)c1ccc(F)c(F)c1. The molecule has 0 aromatic heterocycles. The van der Waals surface area contributed by atoms with Gasteiger partial charge < -0.3 is 5.11 Å². The first-order chi connectivity index (χ1) is 10.7. The number of aliphatic hydroxyl groups is 1. The van der Waals surface area contributed by atoms with E-state index in [0.29, 0.717) is 12.1 Å². The Bertz CT molecular complexity index is 807. The number of sulfonamides is 1. The van der Waals surface area contributed by atoms with Gasteiger partial charge in [0.1, 0.15) is 11.6 Å². The van der Waals surface area contributed by atoms with Gasteiger partial charge in [0.05, 0.1) is 16.6 Å². The quantitative estimate of drug-likeness (QED) is 0.814. The topological polar surface area (TPSA) is 66.4 Å². The minimum Gasteiger partial charge on any atom is -0.387 e. The average molecular weight is 349 g/mol. The number of hydrogen-bond acceptors (Lipinski definition) is 3. The van der Waals surface area contributed by atoms with Gasteiger partial charge in [-0.25, -0.2) is 30.7 Å². The van der Waals surface area contributed by atoms with E-state index in [-0.39, 0.29) is 0 Å². The molecule has 0 radical (unpaired) electrons. The van der Waals surface area contributed by atoms with Crippen molar-refractivity contribution in [3.05, 3.63) is 65.2 Å². The van der Waals surface area contributed by atoms with Crippen LogP contribution < -0.4 is 4.72 Å². The average Bonchev–Trinajstić information content (AvgIpc) is 2.48. The Morgan fingerprint density at radius 1 is 0.957 bits per heavy atom. The Morgan fingerprint density at radius 3 is 2.13 bits per heavy atom. The molecule has 0 fully saturated rings. The van der Waals surface area contributed by atoms with Crippen molar-refractivity contribution in [2.45, 2.75) is 11.0 Å². The van der Waals surface area contributed by atoms with E-state index in [9.17, 15) is 31.1 Å². The number of halogens is 4. The van der Waals surface area contributed by atoms with E-state index in [1.165, 1.54) is 0 Å². The van der Waals surface area contributed by atoms with Crippen molar-refractivity contribution >= 4 is 10.0 Å². The third-order valence-corrected chi connectivity index (χ3v) is 4.42. The maximum atomic E-state index is 13.5. The molecule has 2 rings (SSSR count). The van der Waals surface area contributed by atoms with Crippen LogP contribution in [0, 0.1) is 23.3 Å². The highest BCUT2D eigenvalue weighted by atomic mass is 32.2. The minimum atomic E-state index is -4.29. The van der Waals surface area contributed by atoms with Crippen LogP contribution in [0.3, 0.4) is 0 Å². The van der Waals surface area contributed by atoms with Gasteiger partial charge in [-0.1, -0.05) is 6.07 Å². The van der Waals surface area contributed by atoms with Crippen LogP contribution in [0.4, 0.5) is 17.6 Å². The molecule has 0 aliphatic rings. The molecule has 0 amide bonds. The number of hydrogen-bond donors (Lipinski definition) is 2. The lowest BCUT2D eigenvalue weighted by atomic mass is 10.1. The molecule has 124 valence electrons. The van der Waals surface area contributed by atoms with Crippen LogP contribution >= 0.6 is 0 Å². The normalized spacial score (nSPS) is 13.1. The van der Waals surface area contributed by atoms with Crippen molar-refractivity contribution in [2.75, 3.05) is 6.54 Å². The Balaban J connectivity index is 2.17. The van der Waals surface area contributed by atoms with Gasteiger partial charge in [0.2, 0.25) is 10.0 Å². The molecule has 2 aromatic carbocycles.